The van der Waals surface area contributed by atoms with Gasteiger partial charge in [-0.3, -0.25) is 0 Å². The quantitative estimate of drug-likeness (QED) is 0.231. The molecular weight excluding hydrogens is 264 g/mol. The van der Waals surface area contributed by atoms with Crippen molar-refractivity contribution in [3.8, 4) is 0 Å². The van der Waals surface area contributed by atoms with Crippen molar-refractivity contribution >= 4 is 43.9 Å². The van der Waals surface area contributed by atoms with Crippen LogP contribution in [0.15, 0.2) is 66.7 Å². The molecule has 0 amide bonds. The average molecular weight is 277 g/mol. The zero-order valence-electron chi connectivity index (χ0n) is 10.9. The van der Waals surface area contributed by atoms with E-state index in [9.17, 15) is 0 Å². The van der Waals surface area contributed by atoms with E-state index >= 15 is 0 Å². The lowest BCUT2D eigenvalue weighted by atomic mass is 9.94. The summed E-state index contributed by atoms with van der Waals surface area (Å²) in [6.45, 7) is 0. The van der Waals surface area contributed by atoms with E-state index in [0.717, 1.165) is 0 Å². The predicted octanol–water partition coefficient (Wildman–Crippen LogP) is 5.89. The Morgan fingerprint density at radius 3 is 2.10 bits per heavy atom. The van der Waals surface area contributed by atoms with Crippen molar-refractivity contribution in [2.24, 2.45) is 0 Å². The van der Waals surface area contributed by atoms with Crippen molar-refractivity contribution in [1.29, 1.82) is 0 Å². The van der Waals surface area contributed by atoms with Gasteiger partial charge in [0, 0.05) is 5.88 Å². The number of hydrogen-bond acceptors (Lipinski definition) is 0. The summed E-state index contributed by atoms with van der Waals surface area (Å²) in [6, 6.07) is 23.6. The third-order valence-electron chi connectivity index (χ3n) is 4.02. The lowest BCUT2D eigenvalue weighted by Crippen LogP contribution is -1.87. The molecule has 0 saturated carbocycles. The number of rotatable bonds is 1. The predicted molar refractivity (Wildman–Crippen MR) is 88.5 cm³/mol. The van der Waals surface area contributed by atoms with Gasteiger partial charge >= 0.3 is 0 Å². The van der Waals surface area contributed by atoms with Crippen molar-refractivity contribution in [3.63, 3.8) is 0 Å². The van der Waals surface area contributed by atoms with E-state index < -0.39 is 0 Å². The van der Waals surface area contributed by atoms with Crippen molar-refractivity contribution in [2.45, 2.75) is 5.88 Å². The van der Waals surface area contributed by atoms with E-state index in [1.165, 1.54) is 37.9 Å². The second-order valence-electron chi connectivity index (χ2n) is 5.09. The molecule has 0 unspecified atom stereocenters. The maximum atomic E-state index is 6.24. The van der Waals surface area contributed by atoms with Crippen molar-refractivity contribution in [3.05, 3.63) is 72.3 Å². The molecule has 0 bridgehead atoms. The van der Waals surface area contributed by atoms with E-state index in [1.54, 1.807) is 0 Å². The summed E-state index contributed by atoms with van der Waals surface area (Å²) in [5.41, 5.74) is 1.23. The molecule has 20 heavy (non-hydrogen) atoms. The standard InChI is InChI=1S/C19H13Cl/c20-12-19-16-8-4-2-6-14(16)11-18-15-7-3-1-5-13(15)9-10-17(18)19/h1-11H,12H2. The molecule has 0 fully saturated rings. The largest absolute Gasteiger partial charge is 0.122 e. The lowest BCUT2D eigenvalue weighted by molar-refractivity contribution is 1.50. The molecule has 1 heteroatoms. The molecule has 0 heterocycles. The molecule has 4 aromatic rings. The Morgan fingerprint density at radius 1 is 0.600 bits per heavy atom. The first kappa shape index (κ1) is 11.7. The number of alkyl halides is 1. The van der Waals surface area contributed by atoms with Crippen LogP contribution >= 0.6 is 11.6 Å². The molecule has 4 aromatic carbocycles. The second kappa shape index (κ2) is 4.50. The summed E-state index contributed by atoms with van der Waals surface area (Å²) >= 11 is 6.24. The van der Waals surface area contributed by atoms with Crippen LogP contribution in [0, 0.1) is 0 Å². The van der Waals surface area contributed by atoms with Gasteiger partial charge < -0.3 is 0 Å². The van der Waals surface area contributed by atoms with Gasteiger partial charge in [-0.25, -0.2) is 0 Å². The molecule has 0 aliphatic rings. The Morgan fingerprint density at radius 2 is 1.30 bits per heavy atom. The van der Waals surface area contributed by atoms with Crippen molar-refractivity contribution in [2.75, 3.05) is 0 Å². The topological polar surface area (TPSA) is 0 Å². The lowest BCUT2D eigenvalue weighted by Gasteiger charge is -2.11. The molecular formula is C19H13Cl. The van der Waals surface area contributed by atoms with Crippen molar-refractivity contribution < 1.29 is 0 Å². The number of benzene rings is 4. The highest BCUT2D eigenvalue weighted by atomic mass is 35.5. The van der Waals surface area contributed by atoms with Crippen LogP contribution in [-0.4, -0.2) is 0 Å². The van der Waals surface area contributed by atoms with Crippen LogP contribution < -0.4 is 0 Å². The first-order valence-electron chi connectivity index (χ1n) is 6.76. The normalized spacial score (nSPS) is 11.4. The Hall–Kier alpha value is -2.05. The van der Waals surface area contributed by atoms with Gasteiger partial charge in [-0.15, -0.1) is 11.6 Å². The summed E-state index contributed by atoms with van der Waals surface area (Å²) in [5, 5.41) is 7.63. The summed E-state index contributed by atoms with van der Waals surface area (Å²) in [7, 11) is 0. The fraction of sp³-hybridized carbons (Fsp3) is 0.0526. The SMILES string of the molecule is ClCc1c2ccccc2cc2c1ccc1ccccc12. The van der Waals surface area contributed by atoms with Gasteiger partial charge in [0.25, 0.3) is 0 Å². The van der Waals surface area contributed by atoms with Crippen LogP contribution in [0.25, 0.3) is 32.3 Å². The highest BCUT2D eigenvalue weighted by molar-refractivity contribution is 6.21. The van der Waals surface area contributed by atoms with Crippen LogP contribution in [-0.2, 0) is 5.88 Å². The van der Waals surface area contributed by atoms with E-state index in [0.29, 0.717) is 5.88 Å². The maximum absolute atomic E-state index is 6.24. The van der Waals surface area contributed by atoms with Crippen LogP contribution in [0.5, 0.6) is 0 Å². The van der Waals surface area contributed by atoms with Gasteiger partial charge in [0.15, 0.2) is 0 Å². The fourth-order valence-corrected chi connectivity index (χ4v) is 3.34. The monoisotopic (exact) mass is 276 g/mol. The first-order valence-corrected chi connectivity index (χ1v) is 7.30. The van der Waals surface area contributed by atoms with Gasteiger partial charge in [0.05, 0.1) is 0 Å². The minimum absolute atomic E-state index is 0.538. The smallest absolute Gasteiger partial charge is 0.0486 e. The zero-order valence-corrected chi connectivity index (χ0v) is 11.7. The molecule has 0 nitrogen and oxygen atoms in total. The summed E-state index contributed by atoms with van der Waals surface area (Å²) in [4.78, 5) is 0. The molecule has 0 spiro atoms. The van der Waals surface area contributed by atoms with E-state index in [1.807, 2.05) is 0 Å². The van der Waals surface area contributed by atoms with Crippen LogP contribution in [0.3, 0.4) is 0 Å². The van der Waals surface area contributed by atoms with Gasteiger partial charge in [-0.05, 0) is 43.9 Å². The average Bonchev–Trinajstić information content (AvgIpc) is 2.52. The van der Waals surface area contributed by atoms with Gasteiger partial charge in [-0.1, -0.05) is 60.7 Å². The molecule has 4 rings (SSSR count). The number of halogens is 1. The summed E-state index contributed by atoms with van der Waals surface area (Å²) in [5.74, 6) is 0.538. The Balaban J connectivity index is 2.30. The van der Waals surface area contributed by atoms with Gasteiger partial charge in [-0.2, -0.15) is 0 Å². The third kappa shape index (κ3) is 1.62. The Kier molecular flexibility index (Phi) is 2.64. The minimum Gasteiger partial charge on any atom is -0.122 e. The maximum Gasteiger partial charge on any atom is 0.0486 e. The van der Waals surface area contributed by atoms with E-state index in [-0.39, 0.29) is 0 Å². The molecule has 0 N–H and O–H groups in total. The Bertz CT molecular complexity index is 938. The summed E-state index contributed by atoms with van der Waals surface area (Å²) in [6.07, 6.45) is 0. The molecule has 0 saturated heterocycles. The fourth-order valence-electron chi connectivity index (χ4n) is 3.06. The van der Waals surface area contributed by atoms with Gasteiger partial charge in [0.1, 0.15) is 0 Å². The molecule has 0 atom stereocenters. The molecule has 0 aromatic heterocycles. The number of fused-ring (bicyclic) bond motifs is 4. The zero-order chi connectivity index (χ0) is 13.5. The molecule has 0 radical (unpaired) electrons. The Labute approximate surface area is 122 Å². The van der Waals surface area contributed by atoms with Crippen LogP contribution in [0.4, 0.5) is 0 Å². The molecule has 0 aliphatic carbocycles. The molecule has 96 valence electrons. The van der Waals surface area contributed by atoms with E-state index in [2.05, 4.69) is 66.7 Å². The van der Waals surface area contributed by atoms with Crippen LogP contribution in [0.2, 0.25) is 0 Å². The third-order valence-corrected chi connectivity index (χ3v) is 4.28. The van der Waals surface area contributed by atoms with Crippen LogP contribution in [0.1, 0.15) is 5.56 Å². The highest BCUT2D eigenvalue weighted by Crippen LogP contribution is 2.33. The van der Waals surface area contributed by atoms with Gasteiger partial charge in [0.2, 0.25) is 0 Å². The number of hydrogen-bond donors (Lipinski definition) is 0. The second-order valence-corrected chi connectivity index (χ2v) is 5.36. The summed E-state index contributed by atoms with van der Waals surface area (Å²) < 4.78 is 0. The van der Waals surface area contributed by atoms with Crippen molar-refractivity contribution in [1.82, 2.24) is 0 Å². The highest BCUT2D eigenvalue weighted by Gasteiger charge is 2.08. The van der Waals surface area contributed by atoms with E-state index in [4.69, 9.17) is 11.6 Å². The minimum atomic E-state index is 0.538. The molecule has 0 aliphatic heterocycles. The first-order chi connectivity index (χ1) is 9.88.